The molecular formula is C12H22N4OS. The van der Waals surface area contributed by atoms with Crippen LogP contribution in [0.1, 0.15) is 39.8 Å². The number of nitrogens with one attached hydrogen (secondary N) is 2. The van der Waals surface area contributed by atoms with Crippen molar-refractivity contribution in [3.8, 4) is 0 Å². The Morgan fingerprint density at radius 3 is 2.78 bits per heavy atom. The van der Waals surface area contributed by atoms with Crippen molar-refractivity contribution in [1.82, 2.24) is 15.6 Å². The summed E-state index contributed by atoms with van der Waals surface area (Å²) in [6.07, 6.45) is 0.853. The Morgan fingerprint density at radius 1 is 1.61 bits per heavy atom. The third-order valence-electron chi connectivity index (χ3n) is 2.53. The van der Waals surface area contributed by atoms with Gasteiger partial charge < -0.3 is 16.4 Å². The Labute approximate surface area is 112 Å². The Bertz CT molecular complexity index is 403. The van der Waals surface area contributed by atoms with Crippen LogP contribution in [0.3, 0.4) is 0 Å². The van der Waals surface area contributed by atoms with Gasteiger partial charge in [-0.15, -0.1) is 11.3 Å². The SMILES string of the molecule is CC(=O)NC(C)(C)CC(C)NCc1csc(N)n1. The lowest BCUT2D eigenvalue weighted by atomic mass is 9.96. The molecule has 5 nitrogen and oxygen atoms in total. The Hall–Kier alpha value is -1.14. The van der Waals surface area contributed by atoms with Crippen LogP contribution >= 0.6 is 11.3 Å². The number of carbonyl (C=O) groups is 1. The molecule has 1 unspecified atom stereocenters. The van der Waals surface area contributed by atoms with Gasteiger partial charge in [0.2, 0.25) is 5.91 Å². The molecule has 0 radical (unpaired) electrons. The highest BCUT2D eigenvalue weighted by atomic mass is 32.1. The minimum atomic E-state index is -0.209. The number of hydrogen-bond donors (Lipinski definition) is 3. The lowest BCUT2D eigenvalue weighted by molar-refractivity contribution is -0.120. The fraction of sp³-hybridized carbons (Fsp3) is 0.667. The van der Waals surface area contributed by atoms with E-state index < -0.39 is 0 Å². The molecule has 0 aliphatic carbocycles. The summed E-state index contributed by atoms with van der Waals surface area (Å²) in [5, 5.41) is 8.87. The number of hydrogen-bond acceptors (Lipinski definition) is 5. The van der Waals surface area contributed by atoms with E-state index in [4.69, 9.17) is 5.73 Å². The average molecular weight is 270 g/mol. The summed E-state index contributed by atoms with van der Waals surface area (Å²) in [4.78, 5) is 15.3. The van der Waals surface area contributed by atoms with Crippen LogP contribution in [0, 0.1) is 0 Å². The lowest BCUT2D eigenvalue weighted by Crippen LogP contribution is -2.46. The van der Waals surface area contributed by atoms with Crippen molar-refractivity contribution >= 4 is 22.4 Å². The molecule has 1 atom stereocenters. The number of nitrogens with two attached hydrogens (primary N) is 1. The normalized spacial score (nSPS) is 13.3. The van der Waals surface area contributed by atoms with Crippen molar-refractivity contribution in [3.63, 3.8) is 0 Å². The summed E-state index contributed by atoms with van der Waals surface area (Å²) >= 11 is 1.45. The fourth-order valence-corrected chi connectivity index (χ4v) is 2.61. The second-order valence-corrected chi connectivity index (χ2v) is 6.12. The van der Waals surface area contributed by atoms with Crippen LogP contribution in [-0.2, 0) is 11.3 Å². The van der Waals surface area contributed by atoms with Crippen molar-refractivity contribution in [2.75, 3.05) is 5.73 Å². The fourth-order valence-electron chi connectivity index (χ4n) is 2.05. The van der Waals surface area contributed by atoms with Crippen molar-refractivity contribution in [2.45, 2.75) is 52.2 Å². The second kappa shape index (κ2) is 6.15. The van der Waals surface area contributed by atoms with Gasteiger partial charge in [-0.2, -0.15) is 0 Å². The number of amides is 1. The van der Waals surface area contributed by atoms with Gasteiger partial charge in [0, 0.05) is 30.4 Å². The van der Waals surface area contributed by atoms with E-state index in [1.165, 1.54) is 18.3 Å². The quantitative estimate of drug-likeness (QED) is 0.732. The molecule has 1 amide bonds. The molecule has 1 rings (SSSR count). The van der Waals surface area contributed by atoms with Crippen LogP contribution in [0.25, 0.3) is 0 Å². The smallest absolute Gasteiger partial charge is 0.217 e. The lowest BCUT2D eigenvalue weighted by Gasteiger charge is -2.29. The summed E-state index contributed by atoms with van der Waals surface area (Å²) in [7, 11) is 0. The molecule has 4 N–H and O–H groups in total. The topological polar surface area (TPSA) is 80.0 Å². The summed E-state index contributed by atoms with van der Waals surface area (Å²) < 4.78 is 0. The van der Waals surface area contributed by atoms with Crippen LogP contribution in [-0.4, -0.2) is 22.5 Å². The molecule has 0 saturated carbocycles. The molecular weight excluding hydrogens is 248 g/mol. The zero-order chi connectivity index (χ0) is 13.8. The van der Waals surface area contributed by atoms with Gasteiger partial charge in [0.15, 0.2) is 5.13 Å². The predicted molar refractivity (Wildman–Crippen MR) is 75.3 cm³/mol. The molecule has 0 saturated heterocycles. The molecule has 6 heteroatoms. The predicted octanol–water partition coefficient (Wildman–Crippen LogP) is 1.51. The van der Waals surface area contributed by atoms with Gasteiger partial charge in [-0.1, -0.05) is 0 Å². The maximum Gasteiger partial charge on any atom is 0.217 e. The number of anilines is 1. The summed E-state index contributed by atoms with van der Waals surface area (Å²) in [5.74, 6) is -0.000486. The molecule has 0 fully saturated rings. The van der Waals surface area contributed by atoms with Crippen molar-refractivity contribution in [2.24, 2.45) is 0 Å². The summed E-state index contributed by atoms with van der Waals surface area (Å²) in [6.45, 7) is 8.38. The maximum absolute atomic E-state index is 11.1. The van der Waals surface area contributed by atoms with E-state index in [1.54, 1.807) is 0 Å². The maximum atomic E-state index is 11.1. The summed E-state index contributed by atoms with van der Waals surface area (Å²) in [6, 6.07) is 0.287. The van der Waals surface area contributed by atoms with Crippen molar-refractivity contribution < 1.29 is 4.79 Å². The summed E-state index contributed by atoms with van der Waals surface area (Å²) in [5.41, 5.74) is 6.32. The van der Waals surface area contributed by atoms with Gasteiger partial charge in [0.25, 0.3) is 0 Å². The van der Waals surface area contributed by atoms with E-state index in [-0.39, 0.29) is 17.5 Å². The van der Waals surface area contributed by atoms with Gasteiger partial charge in [-0.25, -0.2) is 4.98 Å². The largest absolute Gasteiger partial charge is 0.375 e. The van der Waals surface area contributed by atoms with Crippen LogP contribution in [0.15, 0.2) is 5.38 Å². The molecule has 0 aromatic carbocycles. The van der Waals surface area contributed by atoms with E-state index in [2.05, 4.69) is 22.5 Å². The highest BCUT2D eigenvalue weighted by Crippen LogP contribution is 2.13. The number of nitrogens with zero attached hydrogens (tertiary/aromatic N) is 1. The van der Waals surface area contributed by atoms with Crippen LogP contribution in [0.2, 0.25) is 0 Å². The molecule has 0 aliphatic rings. The third kappa shape index (κ3) is 5.46. The van der Waals surface area contributed by atoms with E-state index in [1.807, 2.05) is 19.2 Å². The minimum Gasteiger partial charge on any atom is -0.375 e. The van der Waals surface area contributed by atoms with E-state index >= 15 is 0 Å². The van der Waals surface area contributed by atoms with Gasteiger partial charge in [-0.3, -0.25) is 4.79 Å². The van der Waals surface area contributed by atoms with E-state index in [0.717, 1.165) is 12.1 Å². The van der Waals surface area contributed by atoms with Gasteiger partial charge >= 0.3 is 0 Å². The molecule has 1 heterocycles. The van der Waals surface area contributed by atoms with Gasteiger partial charge in [-0.05, 0) is 27.2 Å². The second-order valence-electron chi connectivity index (χ2n) is 5.23. The molecule has 0 spiro atoms. The number of nitrogen functional groups attached to an aromatic ring is 1. The first-order chi connectivity index (χ1) is 8.28. The zero-order valence-electron chi connectivity index (χ0n) is 11.4. The van der Waals surface area contributed by atoms with E-state index in [9.17, 15) is 4.79 Å². The molecule has 0 bridgehead atoms. The van der Waals surface area contributed by atoms with Gasteiger partial charge in [0.05, 0.1) is 5.69 Å². The first kappa shape index (κ1) is 14.9. The Balaban J connectivity index is 2.37. The molecule has 18 heavy (non-hydrogen) atoms. The average Bonchev–Trinajstić information content (AvgIpc) is 2.58. The molecule has 102 valence electrons. The number of aromatic nitrogens is 1. The number of carbonyl (C=O) groups excluding carboxylic acids is 1. The standard InChI is InChI=1S/C12H22N4OS/c1-8(5-12(3,4)16-9(2)17)14-6-10-7-18-11(13)15-10/h7-8,14H,5-6H2,1-4H3,(H2,13,15)(H,16,17). The van der Waals surface area contributed by atoms with Crippen molar-refractivity contribution in [3.05, 3.63) is 11.1 Å². The van der Waals surface area contributed by atoms with Crippen LogP contribution in [0.4, 0.5) is 5.13 Å². The Kier molecular flexibility index (Phi) is 5.10. The highest BCUT2D eigenvalue weighted by molar-refractivity contribution is 7.13. The van der Waals surface area contributed by atoms with Crippen molar-refractivity contribution in [1.29, 1.82) is 0 Å². The first-order valence-electron chi connectivity index (χ1n) is 6.00. The highest BCUT2D eigenvalue weighted by Gasteiger charge is 2.21. The van der Waals surface area contributed by atoms with Gasteiger partial charge in [0.1, 0.15) is 0 Å². The monoisotopic (exact) mass is 270 g/mol. The minimum absolute atomic E-state index is 0.000486. The molecule has 0 aliphatic heterocycles. The molecule has 1 aromatic rings. The Morgan fingerprint density at radius 2 is 2.28 bits per heavy atom. The molecule has 1 aromatic heterocycles. The van der Waals surface area contributed by atoms with E-state index in [0.29, 0.717) is 11.7 Å². The number of thiazole rings is 1. The third-order valence-corrected chi connectivity index (χ3v) is 3.25. The van der Waals surface area contributed by atoms with Crippen LogP contribution in [0.5, 0.6) is 0 Å². The first-order valence-corrected chi connectivity index (χ1v) is 6.88. The van der Waals surface area contributed by atoms with Crippen LogP contribution < -0.4 is 16.4 Å². The number of rotatable bonds is 6. The zero-order valence-corrected chi connectivity index (χ0v) is 12.2.